The SMILES string of the molecule is CC(C)NCCOCC1CCCc2ccccc21. The molecule has 18 heavy (non-hydrogen) atoms. The third-order valence-corrected chi connectivity index (χ3v) is 3.61. The van der Waals surface area contributed by atoms with Gasteiger partial charge in [0, 0.05) is 18.5 Å². The molecule has 0 fully saturated rings. The van der Waals surface area contributed by atoms with Gasteiger partial charge in [-0.2, -0.15) is 0 Å². The van der Waals surface area contributed by atoms with Crippen molar-refractivity contribution in [3.05, 3.63) is 35.4 Å². The van der Waals surface area contributed by atoms with Gasteiger partial charge in [-0.25, -0.2) is 0 Å². The summed E-state index contributed by atoms with van der Waals surface area (Å²) in [5.74, 6) is 0.606. The Morgan fingerprint density at radius 1 is 1.33 bits per heavy atom. The Kier molecular flexibility index (Phi) is 5.21. The first-order valence-corrected chi connectivity index (χ1v) is 7.16. The van der Waals surface area contributed by atoms with E-state index >= 15 is 0 Å². The molecular weight excluding hydrogens is 222 g/mol. The second-order valence-electron chi connectivity index (χ2n) is 5.47. The predicted octanol–water partition coefficient (Wildman–Crippen LogP) is 3.12. The van der Waals surface area contributed by atoms with Gasteiger partial charge < -0.3 is 10.1 Å². The molecule has 2 heteroatoms. The second kappa shape index (κ2) is 6.91. The number of hydrogen-bond acceptors (Lipinski definition) is 2. The fourth-order valence-corrected chi connectivity index (χ4v) is 2.67. The first-order valence-electron chi connectivity index (χ1n) is 7.16. The Hall–Kier alpha value is -0.860. The van der Waals surface area contributed by atoms with E-state index in [1.165, 1.54) is 30.4 Å². The number of hydrogen-bond donors (Lipinski definition) is 1. The summed E-state index contributed by atoms with van der Waals surface area (Å²) >= 11 is 0. The predicted molar refractivity (Wildman–Crippen MR) is 76.1 cm³/mol. The van der Waals surface area contributed by atoms with Crippen LogP contribution in [0, 0.1) is 0 Å². The molecule has 2 rings (SSSR count). The van der Waals surface area contributed by atoms with Crippen LogP contribution in [0.3, 0.4) is 0 Å². The van der Waals surface area contributed by atoms with E-state index in [0.29, 0.717) is 12.0 Å². The minimum atomic E-state index is 0.545. The fourth-order valence-electron chi connectivity index (χ4n) is 2.67. The van der Waals surface area contributed by atoms with E-state index in [2.05, 4.69) is 43.4 Å². The van der Waals surface area contributed by atoms with E-state index < -0.39 is 0 Å². The summed E-state index contributed by atoms with van der Waals surface area (Å²) in [7, 11) is 0. The lowest BCUT2D eigenvalue weighted by Gasteiger charge is -2.25. The first kappa shape index (κ1) is 13.6. The molecule has 0 radical (unpaired) electrons. The Bertz CT molecular complexity index is 362. The van der Waals surface area contributed by atoms with Gasteiger partial charge in [0.2, 0.25) is 0 Å². The molecule has 0 aliphatic heterocycles. The van der Waals surface area contributed by atoms with E-state index in [-0.39, 0.29) is 0 Å². The molecule has 2 nitrogen and oxygen atoms in total. The highest BCUT2D eigenvalue weighted by Crippen LogP contribution is 2.31. The Balaban J connectivity index is 1.77. The van der Waals surface area contributed by atoms with Crippen molar-refractivity contribution >= 4 is 0 Å². The molecule has 1 aromatic rings. The van der Waals surface area contributed by atoms with Gasteiger partial charge in [0.1, 0.15) is 0 Å². The van der Waals surface area contributed by atoms with Crippen LogP contribution in [0.2, 0.25) is 0 Å². The number of ether oxygens (including phenoxy) is 1. The fraction of sp³-hybridized carbons (Fsp3) is 0.625. The number of nitrogens with one attached hydrogen (secondary N) is 1. The summed E-state index contributed by atoms with van der Waals surface area (Å²) in [5, 5.41) is 3.38. The summed E-state index contributed by atoms with van der Waals surface area (Å²) in [6.45, 7) is 6.97. The van der Waals surface area contributed by atoms with Crippen molar-refractivity contribution in [2.45, 2.75) is 45.1 Å². The zero-order valence-electron chi connectivity index (χ0n) is 11.6. The average Bonchev–Trinajstić information content (AvgIpc) is 2.38. The topological polar surface area (TPSA) is 21.3 Å². The van der Waals surface area contributed by atoms with Gasteiger partial charge >= 0.3 is 0 Å². The van der Waals surface area contributed by atoms with Crippen molar-refractivity contribution in [1.29, 1.82) is 0 Å². The van der Waals surface area contributed by atoms with Crippen LogP contribution in [0.5, 0.6) is 0 Å². The maximum Gasteiger partial charge on any atom is 0.0591 e. The molecule has 1 aromatic carbocycles. The van der Waals surface area contributed by atoms with Crippen molar-refractivity contribution in [3.63, 3.8) is 0 Å². The number of rotatable bonds is 6. The van der Waals surface area contributed by atoms with Crippen molar-refractivity contribution < 1.29 is 4.74 Å². The lowest BCUT2D eigenvalue weighted by atomic mass is 9.83. The monoisotopic (exact) mass is 247 g/mol. The highest BCUT2D eigenvalue weighted by molar-refractivity contribution is 5.32. The third kappa shape index (κ3) is 3.82. The van der Waals surface area contributed by atoms with Crippen molar-refractivity contribution in [3.8, 4) is 0 Å². The summed E-state index contributed by atoms with van der Waals surface area (Å²) in [6, 6.07) is 9.38. The molecule has 0 bridgehead atoms. The van der Waals surface area contributed by atoms with Gasteiger partial charge in [0.25, 0.3) is 0 Å². The van der Waals surface area contributed by atoms with E-state index in [1.807, 2.05) is 0 Å². The quantitative estimate of drug-likeness (QED) is 0.780. The van der Waals surface area contributed by atoms with Gasteiger partial charge in [0.15, 0.2) is 0 Å². The van der Waals surface area contributed by atoms with E-state index in [1.54, 1.807) is 0 Å². The number of aryl methyl sites for hydroxylation is 1. The van der Waals surface area contributed by atoms with Gasteiger partial charge in [-0.05, 0) is 30.4 Å². The van der Waals surface area contributed by atoms with E-state index in [9.17, 15) is 0 Å². The summed E-state index contributed by atoms with van der Waals surface area (Å²) in [6.07, 6.45) is 3.81. The molecule has 0 aromatic heterocycles. The van der Waals surface area contributed by atoms with E-state index in [4.69, 9.17) is 4.74 Å². The summed E-state index contributed by atoms with van der Waals surface area (Å²) in [5.41, 5.74) is 3.04. The minimum Gasteiger partial charge on any atom is -0.379 e. The zero-order valence-corrected chi connectivity index (χ0v) is 11.6. The maximum absolute atomic E-state index is 5.82. The molecule has 1 N–H and O–H groups in total. The lowest BCUT2D eigenvalue weighted by Crippen LogP contribution is -2.27. The Morgan fingerprint density at radius 2 is 2.17 bits per heavy atom. The number of benzene rings is 1. The third-order valence-electron chi connectivity index (χ3n) is 3.61. The molecule has 1 atom stereocenters. The van der Waals surface area contributed by atoms with E-state index in [0.717, 1.165) is 19.8 Å². The molecule has 0 saturated carbocycles. The molecule has 0 spiro atoms. The molecular formula is C16H25NO. The van der Waals surface area contributed by atoms with Crippen LogP contribution in [0.25, 0.3) is 0 Å². The molecule has 0 heterocycles. The van der Waals surface area contributed by atoms with Gasteiger partial charge in [-0.1, -0.05) is 38.1 Å². The highest BCUT2D eigenvalue weighted by atomic mass is 16.5. The molecule has 1 unspecified atom stereocenters. The maximum atomic E-state index is 5.82. The van der Waals surface area contributed by atoms with Gasteiger partial charge in [0.05, 0.1) is 13.2 Å². The number of fused-ring (bicyclic) bond motifs is 1. The second-order valence-corrected chi connectivity index (χ2v) is 5.47. The smallest absolute Gasteiger partial charge is 0.0591 e. The first-order chi connectivity index (χ1) is 8.77. The van der Waals surface area contributed by atoms with Gasteiger partial charge in [-0.3, -0.25) is 0 Å². The molecule has 0 amide bonds. The van der Waals surface area contributed by atoms with Crippen LogP contribution in [0.1, 0.15) is 43.7 Å². The van der Waals surface area contributed by atoms with Crippen LogP contribution in [0.15, 0.2) is 24.3 Å². The molecule has 0 saturated heterocycles. The normalized spacial score (nSPS) is 18.9. The van der Waals surface area contributed by atoms with Crippen LogP contribution >= 0.6 is 0 Å². The standard InChI is InChI=1S/C16H25NO/c1-13(2)17-10-11-18-12-15-8-5-7-14-6-3-4-9-16(14)15/h3-4,6,9,13,15,17H,5,7-8,10-12H2,1-2H3. The Labute approximate surface area is 111 Å². The largest absolute Gasteiger partial charge is 0.379 e. The van der Waals surface area contributed by atoms with Gasteiger partial charge in [-0.15, -0.1) is 0 Å². The summed E-state index contributed by atoms with van der Waals surface area (Å²) < 4.78 is 5.82. The average molecular weight is 247 g/mol. The molecule has 100 valence electrons. The minimum absolute atomic E-state index is 0.545. The van der Waals surface area contributed by atoms with Crippen LogP contribution in [-0.4, -0.2) is 25.8 Å². The molecule has 1 aliphatic rings. The summed E-state index contributed by atoms with van der Waals surface area (Å²) in [4.78, 5) is 0. The Morgan fingerprint density at radius 3 is 3.00 bits per heavy atom. The van der Waals surface area contributed by atoms with Crippen LogP contribution < -0.4 is 5.32 Å². The van der Waals surface area contributed by atoms with Crippen LogP contribution in [0.4, 0.5) is 0 Å². The lowest BCUT2D eigenvalue weighted by molar-refractivity contribution is 0.116. The zero-order chi connectivity index (χ0) is 12.8. The van der Waals surface area contributed by atoms with Crippen molar-refractivity contribution in [2.24, 2.45) is 0 Å². The molecule has 1 aliphatic carbocycles. The van der Waals surface area contributed by atoms with Crippen LogP contribution in [-0.2, 0) is 11.2 Å². The van der Waals surface area contributed by atoms with Crippen molar-refractivity contribution in [1.82, 2.24) is 5.32 Å². The highest BCUT2D eigenvalue weighted by Gasteiger charge is 2.19. The van der Waals surface area contributed by atoms with Crippen molar-refractivity contribution in [2.75, 3.05) is 19.8 Å².